The summed E-state index contributed by atoms with van der Waals surface area (Å²) in [6.07, 6.45) is 10.1. The summed E-state index contributed by atoms with van der Waals surface area (Å²) in [4.78, 5) is 12.0. The molecule has 1 rings (SSSR count). The van der Waals surface area contributed by atoms with E-state index in [1.807, 2.05) is 37.3 Å². The van der Waals surface area contributed by atoms with Crippen molar-refractivity contribution in [3.8, 4) is 5.75 Å². The van der Waals surface area contributed by atoms with E-state index in [9.17, 15) is 4.79 Å². The SMILES string of the molecule is CCCCCCCCCOC(=O)C(C)=CC(C)Oc1ccccc1. The molecule has 0 radical (unpaired) electrons. The Morgan fingerprint density at radius 1 is 1.04 bits per heavy atom. The number of benzene rings is 1. The van der Waals surface area contributed by atoms with Crippen LogP contribution >= 0.6 is 0 Å². The van der Waals surface area contributed by atoms with Gasteiger partial charge in [-0.25, -0.2) is 4.79 Å². The molecule has 0 fully saturated rings. The van der Waals surface area contributed by atoms with Crippen molar-refractivity contribution in [3.05, 3.63) is 42.0 Å². The summed E-state index contributed by atoms with van der Waals surface area (Å²) >= 11 is 0. The maximum atomic E-state index is 12.0. The minimum atomic E-state index is -0.246. The lowest BCUT2D eigenvalue weighted by atomic mass is 10.1. The summed E-state index contributed by atoms with van der Waals surface area (Å²) in [7, 11) is 0. The van der Waals surface area contributed by atoms with Gasteiger partial charge in [0, 0.05) is 5.57 Å². The predicted octanol–water partition coefficient (Wildman–Crippen LogP) is 5.69. The summed E-state index contributed by atoms with van der Waals surface area (Å²) in [6.45, 7) is 6.42. The van der Waals surface area contributed by atoms with E-state index in [0.717, 1.165) is 18.6 Å². The zero-order valence-electron chi connectivity index (χ0n) is 15.4. The van der Waals surface area contributed by atoms with Gasteiger partial charge in [-0.2, -0.15) is 0 Å². The Hall–Kier alpha value is -1.77. The van der Waals surface area contributed by atoms with E-state index in [-0.39, 0.29) is 12.1 Å². The lowest BCUT2D eigenvalue weighted by Gasteiger charge is -2.12. The highest BCUT2D eigenvalue weighted by atomic mass is 16.5. The molecule has 1 aromatic carbocycles. The first-order chi connectivity index (χ1) is 11.6. The average Bonchev–Trinajstić information content (AvgIpc) is 2.57. The van der Waals surface area contributed by atoms with Gasteiger partial charge in [0.05, 0.1) is 6.61 Å². The van der Waals surface area contributed by atoms with E-state index in [4.69, 9.17) is 9.47 Å². The van der Waals surface area contributed by atoms with E-state index in [0.29, 0.717) is 12.2 Å². The standard InChI is InChI=1S/C21H32O3/c1-4-5-6-7-8-9-13-16-23-21(22)18(2)17-19(3)24-20-14-11-10-12-15-20/h10-12,14-15,17,19H,4-9,13,16H2,1-3H3. The molecule has 0 saturated heterocycles. The van der Waals surface area contributed by atoms with Crippen molar-refractivity contribution in [2.24, 2.45) is 0 Å². The Morgan fingerprint density at radius 3 is 2.33 bits per heavy atom. The molecule has 0 bridgehead atoms. The number of carbonyl (C=O) groups is 1. The molecule has 0 aliphatic carbocycles. The lowest BCUT2D eigenvalue weighted by Crippen LogP contribution is -2.13. The van der Waals surface area contributed by atoms with Gasteiger partial charge in [0.2, 0.25) is 0 Å². The van der Waals surface area contributed by atoms with Gasteiger partial charge in [-0.15, -0.1) is 0 Å². The fourth-order valence-electron chi connectivity index (χ4n) is 2.51. The number of esters is 1. The van der Waals surface area contributed by atoms with Crippen LogP contribution in [0.2, 0.25) is 0 Å². The number of carbonyl (C=O) groups excluding carboxylic acids is 1. The Bertz CT molecular complexity index is 479. The third kappa shape index (κ3) is 9.39. The van der Waals surface area contributed by atoms with Gasteiger partial charge in [-0.3, -0.25) is 0 Å². The van der Waals surface area contributed by atoms with Crippen LogP contribution in [-0.2, 0) is 9.53 Å². The second kappa shape index (κ2) is 12.6. The lowest BCUT2D eigenvalue weighted by molar-refractivity contribution is -0.139. The van der Waals surface area contributed by atoms with Gasteiger partial charge in [0.1, 0.15) is 11.9 Å². The van der Waals surface area contributed by atoms with Gasteiger partial charge in [0.15, 0.2) is 0 Å². The van der Waals surface area contributed by atoms with Crippen LogP contribution in [0, 0.1) is 0 Å². The van der Waals surface area contributed by atoms with Crippen LogP contribution in [-0.4, -0.2) is 18.7 Å². The van der Waals surface area contributed by atoms with Crippen molar-refractivity contribution in [1.29, 1.82) is 0 Å². The highest BCUT2D eigenvalue weighted by Crippen LogP contribution is 2.13. The molecule has 0 amide bonds. The molecule has 0 spiro atoms. The molecule has 0 N–H and O–H groups in total. The minimum Gasteiger partial charge on any atom is -0.487 e. The molecular formula is C21H32O3. The topological polar surface area (TPSA) is 35.5 Å². The van der Waals surface area contributed by atoms with Gasteiger partial charge in [-0.05, 0) is 38.5 Å². The van der Waals surface area contributed by atoms with Crippen molar-refractivity contribution < 1.29 is 14.3 Å². The average molecular weight is 332 g/mol. The van der Waals surface area contributed by atoms with E-state index in [1.165, 1.54) is 32.1 Å². The molecule has 0 aliphatic rings. The van der Waals surface area contributed by atoms with E-state index in [1.54, 1.807) is 13.0 Å². The fourth-order valence-corrected chi connectivity index (χ4v) is 2.51. The second-order valence-corrected chi connectivity index (χ2v) is 6.24. The molecule has 0 heterocycles. The highest BCUT2D eigenvalue weighted by molar-refractivity contribution is 5.87. The summed E-state index contributed by atoms with van der Waals surface area (Å²) in [5.41, 5.74) is 0.598. The minimum absolute atomic E-state index is 0.168. The van der Waals surface area contributed by atoms with Gasteiger partial charge in [0.25, 0.3) is 0 Å². The zero-order valence-corrected chi connectivity index (χ0v) is 15.4. The molecule has 3 heteroatoms. The molecule has 1 unspecified atom stereocenters. The van der Waals surface area contributed by atoms with Crippen LogP contribution < -0.4 is 4.74 Å². The Morgan fingerprint density at radius 2 is 1.67 bits per heavy atom. The third-order valence-electron chi connectivity index (χ3n) is 3.85. The summed E-state index contributed by atoms with van der Waals surface area (Å²) < 4.78 is 11.1. The zero-order chi connectivity index (χ0) is 17.6. The van der Waals surface area contributed by atoms with Crippen LogP contribution in [0.1, 0.15) is 65.7 Å². The first-order valence-electron chi connectivity index (χ1n) is 9.20. The number of hydrogen-bond acceptors (Lipinski definition) is 3. The van der Waals surface area contributed by atoms with Crippen LogP contribution in [0.3, 0.4) is 0 Å². The second-order valence-electron chi connectivity index (χ2n) is 6.24. The Balaban J connectivity index is 2.19. The molecule has 0 saturated carbocycles. The maximum Gasteiger partial charge on any atom is 0.333 e. The summed E-state index contributed by atoms with van der Waals surface area (Å²) in [5.74, 6) is 0.551. The number of para-hydroxylation sites is 1. The normalized spacial score (nSPS) is 12.7. The molecule has 1 atom stereocenters. The van der Waals surface area contributed by atoms with Crippen molar-refractivity contribution in [1.82, 2.24) is 0 Å². The molecule has 134 valence electrons. The van der Waals surface area contributed by atoms with Gasteiger partial charge < -0.3 is 9.47 Å². The van der Waals surface area contributed by atoms with E-state index < -0.39 is 0 Å². The van der Waals surface area contributed by atoms with Crippen LogP contribution in [0.15, 0.2) is 42.0 Å². The van der Waals surface area contributed by atoms with Crippen molar-refractivity contribution in [2.45, 2.75) is 71.8 Å². The molecule has 0 aromatic heterocycles. The van der Waals surface area contributed by atoms with Crippen LogP contribution in [0.4, 0.5) is 0 Å². The summed E-state index contributed by atoms with van der Waals surface area (Å²) in [5, 5.41) is 0. The highest BCUT2D eigenvalue weighted by Gasteiger charge is 2.08. The number of rotatable bonds is 12. The van der Waals surface area contributed by atoms with Crippen molar-refractivity contribution >= 4 is 5.97 Å². The Labute approximate surface area is 147 Å². The monoisotopic (exact) mass is 332 g/mol. The molecule has 24 heavy (non-hydrogen) atoms. The smallest absolute Gasteiger partial charge is 0.333 e. The fraction of sp³-hybridized carbons (Fsp3) is 0.571. The van der Waals surface area contributed by atoms with Crippen LogP contribution in [0.5, 0.6) is 5.75 Å². The molecule has 3 nitrogen and oxygen atoms in total. The molecule has 1 aromatic rings. The van der Waals surface area contributed by atoms with E-state index >= 15 is 0 Å². The number of ether oxygens (including phenoxy) is 2. The summed E-state index contributed by atoms with van der Waals surface area (Å²) in [6, 6.07) is 9.60. The third-order valence-corrected chi connectivity index (χ3v) is 3.85. The van der Waals surface area contributed by atoms with Gasteiger partial charge in [-0.1, -0.05) is 63.6 Å². The van der Waals surface area contributed by atoms with Crippen molar-refractivity contribution in [3.63, 3.8) is 0 Å². The Kier molecular flexibility index (Phi) is 10.7. The number of hydrogen-bond donors (Lipinski definition) is 0. The van der Waals surface area contributed by atoms with Gasteiger partial charge >= 0.3 is 5.97 Å². The first kappa shape index (κ1) is 20.3. The van der Waals surface area contributed by atoms with Crippen molar-refractivity contribution in [2.75, 3.05) is 6.61 Å². The maximum absolute atomic E-state index is 12.0. The molecular weight excluding hydrogens is 300 g/mol. The quantitative estimate of drug-likeness (QED) is 0.280. The predicted molar refractivity (Wildman–Crippen MR) is 99.2 cm³/mol. The van der Waals surface area contributed by atoms with Crippen LogP contribution in [0.25, 0.3) is 0 Å². The molecule has 0 aliphatic heterocycles. The van der Waals surface area contributed by atoms with E-state index in [2.05, 4.69) is 6.92 Å². The first-order valence-corrected chi connectivity index (χ1v) is 9.20. The number of unbranched alkanes of at least 4 members (excludes halogenated alkanes) is 6. The largest absolute Gasteiger partial charge is 0.487 e.